The number of hydrogen-bond donors (Lipinski definition) is 4. The van der Waals surface area contributed by atoms with E-state index in [-0.39, 0.29) is 11.8 Å². The van der Waals surface area contributed by atoms with E-state index in [4.69, 9.17) is 28.5 Å². The van der Waals surface area contributed by atoms with Crippen LogP contribution in [0.3, 0.4) is 0 Å². The quantitative estimate of drug-likeness (QED) is 0.385. The minimum atomic E-state index is 0.0694. The lowest BCUT2D eigenvalue weighted by Gasteiger charge is -2.11. The molecule has 1 aromatic heterocycles. The van der Waals surface area contributed by atoms with E-state index < -0.39 is 0 Å². The topological polar surface area (TPSA) is 114 Å². The smallest absolute Gasteiger partial charge is 0.222 e. The number of nitrogen functional groups attached to an aromatic ring is 2. The molecule has 0 unspecified atom stereocenters. The highest BCUT2D eigenvalue weighted by atomic mass is 35.5. The summed E-state index contributed by atoms with van der Waals surface area (Å²) in [5, 5.41) is 11.4. The molecule has 0 saturated carbocycles. The number of anilines is 2. The van der Waals surface area contributed by atoms with Gasteiger partial charge in [-0.3, -0.25) is 5.41 Å². The summed E-state index contributed by atoms with van der Waals surface area (Å²) in [7, 11) is 0. The highest BCUT2D eigenvalue weighted by molar-refractivity contribution is 6.31. The van der Waals surface area contributed by atoms with Gasteiger partial charge in [0.15, 0.2) is 0 Å². The fourth-order valence-electron chi connectivity index (χ4n) is 2.77. The highest BCUT2D eigenvalue weighted by Gasteiger charge is 2.09. The van der Waals surface area contributed by atoms with Crippen LogP contribution < -0.4 is 16.8 Å². The third kappa shape index (κ3) is 4.54. The minimum absolute atomic E-state index is 0.0694. The Morgan fingerprint density at radius 2 is 1.89 bits per heavy atom. The van der Waals surface area contributed by atoms with Crippen molar-refractivity contribution in [1.82, 2.24) is 9.97 Å². The average Bonchev–Trinajstić information content (AvgIpc) is 2.64. The zero-order valence-electron chi connectivity index (χ0n) is 15.0. The van der Waals surface area contributed by atoms with Gasteiger partial charge in [0, 0.05) is 28.8 Å². The first-order valence-electron chi connectivity index (χ1n) is 8.51. The largest absolute Gasteiger partial charge is 0.384 e. The van der Waals surface area contributed by atoms with Gasteiger partial charge in [0.1, 0.15) is 11.7 Å². The lowest BCUT2D eigenvalue weighted by Crippen LogP contribution is -2.11. The fourth-order valence-corrected chi connectivity index (χ4v) is 2.94. The first-order valence-corrected chi connectivity index (χ1v) is 8.89. The van der Waals surface area contributed by atoms with Crippen molar-refractivity contribution >= 4 is 29.2 Å². The van der Waals surface area contributed by atoms with Crippen molar-refractivity contribution in [2.75, 3.05) is 17.6 Å². The molecule has 6 nitrogen and oxygen atoms in total. The van der Waals surface area contributed by atoms with Crippen LogP contribution in [0.15, 0.2) is 48.5 Å². The maximum absolute atomic E-state index is 7.43. The summed E-state index contributed by atoms with van der Waals surface area (Å²) in [5.41, 5.74) is 15.8. The minimum Gasteiger partial charge on any atom is -0.384 e. The molecule has 1 heterocycles. The molecular formula is C20H21ClN6. The molecule has 0 bridgehead atoms. The van der Waals surface area contributed by atoms with E-state index in [1.165, 1.54) is 0 Å². The standard InChI is InChI=1S/C20H21ClN6/c1-12-15(3-2-4-16(12)21)17-11-18(27-20(24)26-17)25-10-9-13-5-7-14(8-6-13)19(22)23/h2-8,11H,9-10H2,1H3,(H3,22,23)(H3,24,25,26,27). The Morgan fingerprint density at radius 1 is 1.15 bits per heavy atom. The Bertz CT molecular complexity index is 969. The van der Waals surface area contributed by atoms with Crippen LogP contribution in [0.4, 0.5) is 11.8 Å². The zero-order chi connectivity index (χ0) is 19.4. The second-order valence-electron chi connectivity index (χ2n) is 6.20. The number of nitrogens with two attached hydrogens (primary N) is 2. The average molecular weight is 381 g/mol. The van der Waals surface area contributed by atoms with E-state index in [0.717, 1.165) is 34.4 Å². The molecule has 0 aliphatic heterocycles. The monoisotopic (exact) mass is 380 g/mol. The van der Waals surface area contributed by atoms with E-state index in [0.29, 0.717) is 17.4 Å². The van der Waals surface area contributed by atoms with Crippen LogP contribution >= 0.6 is 11.6 Å². The van der Waals surface area contributed by atoms with Crippen molar-refractivity contribution in [2.45, 2.75) is 13.3 Å². The lowest BCUT2D eigenvalue weighted by atomic mass is 10.1. The number of hydrogen-bond acceptors (Lipinski definition) is 5. The Hall–Kier alpha value is -3.12. The molecule has 0 spiro atoms. The van der Waals surface area contributed by atoms with Crippen molar-refractivity contribution in [2.24, 2.45) is 5.73 Å². The van der Waals surface area contributed by atoms with Crippen LogP contribution in [-0.2, 0) is 6.42 Å². The number of benzene rings is 2. The predicted molar refractivity (Wildman–Crippen MR) is 111 cm³/mol. The zero-order valence-corrected chi connectivity index (χ0v) is 15.7. The van der Waals surface area contributed by atoms with Gasteiger partial charge in [0.05, 0.1) is 5.69 Å². The van der Waals surface area contributed by atoms with E-state index in [1.54, 1.807) is 0 Å². The Kier molecular flexibility index (Phi) is 5.57. The number of amidine groups is 1. The maximum atomic E-state index is 7.43. The van der Waals surface area contributed by atoms with Gasteiger partial charge in [-0.05, 0) is 30.5 Å². The van der Waals surface area contributed by atoms with Crippen LogP contribution in [0.1, 0.15) is 16.7 Å². The van der Waals surface area contributed by atoms with Crippen molar-refractivity contribution in [3.8, 4) is 11.3 Å². The number of nitrogens with zero attached hydrogens (tertiary/aromatic N) is 2. The summed E-state index contributed by atoms with van der Waals surface area (Å²) < 4.78 is 0. The maximum Gasteiger partial charge on any atom is 0.222 e. The van der Waals surface area contributed by atoms with Gasteiger partial charge < -0.3 is 16.8 Å². The molecule has 6 N–H and O–H groups in total. The van der Waals surface area contributed by atoms with Gasteiger partial charge in [-0.1, -0.05) is 48.0 Å². The SMILES string of the molecule is Cc1c(Cl)cccc1-c1cc(NCCc2ccc(C(=N)N)cc2)nc(N)n1. The Labute approximate surface area is 163 Å². The molecule has 0 aliphatic rings. The summed E-state index contributed by atoms with van der Waals surface area (Å²) in [6, 6.07) is 15.2. The summed E-state index contributed by atoms with van der Waals surface area (Å²) in [6.45, 7) is 2.64. The third-order valence-corrected chi connectivity index (χ3v) is 4.68. The van der Waals surface area contributed by atoms with Crippen LogP contribution in [-0.4, -0.2) is 22.3 Å². The van der Waals surface area contributed by atoms with Crippen LogP contribution in [0.2, 0.25) is 5.02 Å². The van der Waals surface area contributed by atoms with E-state index >= 15 is 0 Å². The van der Waals surface area contributed by atoms with Gasteiger partial charge >= 0.3 is 0 Å². The summed E-state index contributed by atoms with van der Waals surface area (Å²) in [6.07, 6.45) is 0.799. The molecule has 7 heteroatoms. The predicted octanol–water partition coefficient (Wildman–Crippen LogP) is 3.63. The second kappa shape index (κ2) is 8.05. The molecule has 0 radical (unpaired) electrons. The number of aromatic nitrogens is 2. The van der Waals surface area contributed by atoms with E-state index in [2.05, 4.69) is 15.3 Å². The molecule has 3 rings (SSSR count). The van der Waals surface area contributed by atoms with Gasteiger partial charge in [0.25, 0.3) is 0 Å². The van der Waals surface area contributed by atoms with Gasteiger partial charge in [-0.25, -0.2) is 4.98 Å². The van der Waals surface area contributed by atoms with Crippen molar-refractivity contribution in [3.05, 3.63) is 70.2 Å². The fraction of sp³-hybridized carbons (Fsp3) is 0.150. The van der Waals surface area contributed by atoms with Gasteiger partial charge in [-0.2, -0.15) is 4.98 Å². The lowest BCUT2D eigenvalue weighted by molar-refractivity contribution is 1.00. The van der Waals surface area contributed by atoms with Gasteiger partial charge in [0.2, 0.25) is 5.95 Å². The molecular weight excluding hydrogens is 360 g/mol. The van der Waals surface area contributed by atoms with Crippen LogP contribution in [0.5, 0.6) is 0 Å². The van der Waals surface area contributed by atoms with Crippen molar-refractivity contribution in [3.63, 3.8) is 0 Å². The normalized spacial score (nSPS) is 10.6. The number of halogens is 1. The van der Waals surface area contributed by atoms with Crippen LogP contribution in [0, 0.1) is 12.3 Å². The van der Waals surface area contributed by atoms with E-state index in [9.17, 15) is 0 Å². The third-order valence-electron chi connectivity index (χ3n) is 4.27. The molecule has 0 atom stereocenters. The molecule has 0 fully saturated rings. The van der Waals surface area contributed by atoms with Crippen molar-refractivity contribution in [1.29, 1.82) is 5.41 Å². The molecule has 0 saturated heterocycles. The van der Waals surface area contributed by atoms with Gasteiger partial charge in [-0.15, -0.1) is 0 Å². The van der Waals surface area contributed by atoms with Crippen LogP contribution in [0.25, 0.3) is 11.3 Å². The first-order chi connectivity index (χ1) is 12.9. The number of nitrogens with one attached hydrogen (secondary N) is 2. The summed E-state index contributed by atoms with van der Waals surface area (Å²) >= 11 is 6.21. The molecule has 138 valence electrons. The first kappa shape index (κ1) is 18.7. The molecule has 0 amide bonds. The molecule has 2 aromatic carbocycles. The van der Waals surface area contributed by atoms with E-state index in [1.807, 2.05) is 55.5 Å². The summed E-state index contributed by atoms with van der Waals surface area (Å²) in [5.74, 6) is 0.942. The second-order valence-corrected chi connectivity index (χ2v) is 6.60. The molecule has 27 heavy (non-hydrogen) atoms. The Morgan fingerprint density at radius 3 is 2.59 bits per heavy atom. The van der Waals surface area contributed by atoms with Crippen molar-refractivity contribution < 1.29 is 0 Å². The Balaban J connectivity index is 1.71. The molecule has 0 aliphatic carbocycles. The molecule has 3 aromatic rings. The highest BCUT2D eigenvalue weighted by Crippen LogP contribution is 2.28. The summed E-state index contributed by atoms with van der Waals surface area (Å²) in [4.78, 5) is 8.59. The number of rotatable bonds is 6.